The summed E-state index contributed by atoms with van der Waals surface area (Å²) in [4.78, 5) is 23.9. The first-order valence-corrected chi connectivity index (χ1v) is 7.34. The number of amides is 2. The van der Waals surface area contributed by atoms with E-state index >= 15 is 0 Å². The van der Waals surface area contributed by atoms with Crippen LogP contribution in [0.4, 0.5) is 0 Å². The zero-order valence-electron chi connectivity index (χ0n) is 13.3. The predicted molar refractivity (Wildman–Crippen MR) is 88.4 cm³/mol. The Morgan fingerprint density at radius 1 is 1.00 bits per heavy atom. The number of benzene rings is 2. The molecule has 2 aromatic rings. The molecule has 0 heterocycles. The van der Waals surface area contributed by atoms with E-state index < -0.39 is 0 Å². The number of ether oxygens (including phenoxy) is 1. The largest absolute Gasteiger partial charge is 0.496 e. The number of carbonyl (C=O) groups is 2. The highest BCUT2D eigenvalue weighted by molar-refractivity contribution is 5.98. The van der Waals surface area contributed by atoms with Gasteiger partial charge in [-0.15, -0.1) is 0 Å². The van der Waals surface area contributed by atoms with E-state index in [4.69, 9.17) is 4.74 Å². The van der Waals surface area contributed by atoms with Crippen LogP contribution in [-0.2, 0) is 11.3 Å². The SMILES string of the molecule is COc1ccccc1C(=O)NCC(=O)NCc1ccccc1C. The van der Waals surface area contributed by atoms with Gasteiger partial charge in [0.15, 0.2) is 0 Å². The van der Waals surface area contributed by atoms with Crippen molar-refractivity contribution in [3.05, 3.63) is 65.2 Å². The van der Waals surface area contributed by atoms with Crippen LogP contribution in [0.3, 0.4) is 0 Å². The van der Waals surface area contributed by atoms with E-state index in [0.717, 1.165) is 11.1 Å². The Balaban J connectivity index is 1.84. The zero-order chi connectivity index (χ0) is 16.7. The summed E-state index contributed by atoms with van der Waals surface area (Å²) >= 11 is 0. The first-order valence-electron chi connectivity index (χ1n) is 7.34. The Bertz CT molecular complexity index is 698. The molecular weight excluding hydrogens is 292 g/mol. The van der Waals surface area contributed by atoms with Crippen LogP contribution < -0.4 is 15.4 Å². The summed E-state index contributed by atoms with van der Waals surface area (Å²) in [6.45, 7) is 2.35. The maximum absolute atomic E-state index is 12.1. The van der Waals surface area contributed by atoms with Crippen LogP contribution in [-0.4, -0.2) is 25.5 Å². The van der Waals surface area contributed by atoms with Crippen molar-refractivity contribution >= 4 is 11.8 Å². The summed E-state index contributed by atoms with van der Waals surface area (Å²) in [7, 11) is 1.50. The van der Waals surface area contributed by atoms with Crippen molar-refractivity contribution in [2.24, 2.45) is 0 Å². The van der Waals surface area contributed by atoms with E-state index in [1.807, 2.05) is 31.2 Å². The zero-order valence-corrected chi connectivity index (χ0v) is 13.3. The third kappa shape index (κ3) is 4.57. The fourth-order valence-electron chi connectivity index (χ4n) is 2.15. The Morgan fingerprint density at radius 3 is 2.43 bits per heavy atom. The molecule has 2 aromatic carbocycles. The molecule has 23 heavy (non-hydrogen) atoms. The molecule has 0 radical (unpaired) electrons. The molecular formula is C18H20N2O3. The summed E-state index contributed by atoms with van der Waals surface area (Å²) < 4.78 is 5.13. The number of nitrogens with one attached hydrogen (secondary N) is 2. The van der Waals surface area contributed by atoms with Crippen LogP contribution in [0.5, 0.6) is 5.75 Å². The van der Waals surface area contributed by atoms with Crippen LogP contribution in [0.25, 0.3) is 0 Å². The molecule has 2 rings (SSSR count). The van der Waals surface area contributed by atoms with E-state index in [-0.39, 0.29) is 18.4 Å². The lowest BCUT2D eigenvalue weighted by Crippen LogP contribution is -2.36. The first kappa shape index (κ1) is 16.5. The van der Waals surface area contributed by atoms with Crippen molar-refractivity contribution in [1.82, 2.24) is 10.6 Å². The smallest absolute Gasteiger partial charge is 0.255 e. The highest BCUT2D eigenvalue weighted by Gasteiger charge is 2.12. The number of para-hydroxylation sites is 1. The fourth-order valence-corrected chi connectivity index (χ4v) is 2.15. The van der Waals surface area contributed by atoms with Gasteiger partial charge in [-0.25, -0.2) is 0 Å². The highest BCUT2D eigenvalue weighted by Crippen LogP contribution is 2.16. The maximum Gasteiger partial charge on any atom is 0.255 e. The highest BCUT2D eigenvalue weighted by atomic mass is 16.5. The van der Waals surface area contributed by atoms with Gasteiger partial charge in [0.05, 0.1) is 19.2 Å². The summed E-state index contributed by atoms with van der Waals surface area (Å²) in [5, 5.41) is 5.38. The standard InChI is InChI=1S/C18H20N2O3/c1-13-7-3-4-8-14(13)11-19-17(21)12-20-18(22)15-9-5-6-10-16(15)23-2/h3-10H,11-12H2,1-2H3,(H,19,21)(H,20,22). The molecule has 2 N–H and O–H groups in total. The molecule has 5 nitrogen and oxygen atoms in total. The number of hydrogen-bond acceptors (Lipinski definition) is 3. The van der Waals surface area contributed by atoms with Crippen molar-refractivity contribution in [3.8, 4) is 5.75 Å². The molecule has 0 atom stereocenters. The van der Waals surface area contributed by atoms with Gasteiger partial charge in [-0.2, -0.15) is 0 Å². The Hall–Kier alpha value is -2.82. The second-order valence-electron chi connectivity index (χ2n) is 5.09. The van der Waals surface area contributed by atoms with E-state index in [9.17, 15) is 9.59 Å². The predicted octanol–water partition coefficient (Wildman–Crippen LogP) is 2.05. The van der Waals surface area contributed by atoms with Crippen LogP contribution in [0.1, 0.15) is 21.5 Å². The van der Waals surface area contributed by atoms with Crippen molar-refractivity contribution in [2.45, 2.75) is 13.5 Å². The monoisotopic (exact) mass is 312 g/mol. The topological polar surface area (TPSA) is 67.4 Å². The van der Waals surface area contributed by atoms with Crippen LogP contribution in [0.2, 0.25) is 0 Å². The Labute approximate surface area is 135 Å². The van der Waals surface area contributed by atoms with Gasteiger partial charge in [0.25, 0.3) is 5.91 Å². The molecule has 5 heteroatoms. The van der Waals surface area contributed by atoms with Gasteiger partial charge < -0.3 is 15.4 Å². The molecule has 0 saturated carbocycles. The van der Waals surface area contributed by atoms with Gasteiger partial charge in [-0.05, 0) is 30.2 Å². The lowest BCUT2D eigenvalue weighted by Gasteiger charge is -2.10. The molecule has 0 aromatic heterocycles. The molecule has 0 fully saturated rings. The van der Waals surface area contributed by atoms with E-state index in [1.54, 1.807) is 24.3 Å². The molecule has 120 valence electrons. The summed E-state index contributed by atoms with van der Waals surface area (Å²) in [6, 6.07) is 14.7. The number of hydrogen-bond donors (Lipinski definition) is 2. The molecule has 0 aliphatic carbocycles. The summed E-state index contributed by atoms with van der Waals surface area (Å²) in [5.74, 6) is -0.102. The average molecular weight is 312 g/mol. The molecule has 0 spiro atoms. The van der Waals surface area contributed by atoms with Gasteiger partial charge in [-0.3, -0.25) is 9.59 Å². The third-order valence-electron chi connectivity index (χ3n) is 3.50. The molecule has 0 unspecified atom stereocenters. The number of methoxy groups -OCH3 is 1. The third-order valence-corrected chi connectivity index (χ3v) is 3.50. The second-order valence-corrected chi connectivity index (χ2v) is 5.09. The average Bonchev–Trinajstić information content (AvgIpc) is 2.58. The number of rotatable bonds is 6. The van der Waals surface area contributed by atoms with Crippen molar-refractivity contribution in [3.63, 3.8) is 0 Å². The summed E-state index contributed by atoms with van der Waals surface area (Å²) in [5.41, 5.74) is 2.57. The van der Waals surface area contributed by atoms with Gasteiger partial charge in [-0.1, -0.05) is 36.4 Å². The molecule has 2 amide bonds. The van der Waals surface area contributed by atoms with Crippen LogP contribution in [0, 0.1) is 6.92 Å². The minimum atomic E-state index is -0.339. The van der Waals surface area contributed by atoms with Gasteiger partial charge in [0.2, 0.25) is 5.91 Å². The molecule has 0 bridgehead atoms. The van der Waals surface area contributed by atoms with Crippen molar-refractivity contribution in [1.29, 1.82) is 0 Å². The fraction of sp³-hybridized carbons (Fsp3) is 0.222. The Kier molecular flexibility index (Phi) is 5.74. The number of aryl methyl sites for hydroxylation is 1. The second kappa shape index (κ2) is 7.98. The number of carbonyl (C=O) groups excluding carboxylic acids is 2. The quantitative estimate of drug-likeness (QED) is 0.858. The maximum atomic E-state index is 12.1. The van der Waals surface area contributed by atoms with E-state index in [0.29, 0.717) is 17.9 Å². The normalized spacial score (nSPS) is 10.0. The van der Waals surface area contributed by atoms with E-state index in [1.165, 1.54) is 7.11 Å². The minimum Gasteiger partial charge on any atom is -0.496 e. The van der Waals surface area contributed by atoms with E-state index in [2.05, 4.69) is 10.6 Å². The Morgan fingerprint density at radius 2 is 1.70 bits per heavy atom. The molecule has 0 aliphatic rings. The minimum absolute atomic E-state index is 0.0806. The van der Waals surface area contributed by atoms with Gasteiger partial charge >= 0.3 is 0 Å². The van der Waals surface area contributed by atoms with Crippen LogP contribution in [0.15, 0.2) is 48.5 Å². The first-order chi connectivity index (χ1) is 11.1. The van der Waals surface area contributed by atoms with Crippen molar-refractivity contribution in [2.75, 3.05) is 13.7 Å². The van der Waals surface area contributed by atoms with Gasteiger partial charge in [0, 0.05) is 6.54 Å². The lowest BCUT2D eigenvalue weighted by molar-refractivity contribution is -0.120. The van der Waals surface area contributed by atoms with Crippen molar-refractivity contribution < 1.29 is 14.3 Å². The molecule has 0 aliphatic heterocycles. The lowest BCUT2D eigenvalue weighted by atomic mass is 10.1. The van der Waals surface area contributed by atoms with Gasteiger partial charge in [0.1, 0.15) is 5.75 Å². The van der Waals surface area contributed by atoms with Crippen LogP contribution >= 0.6 is 0 Å². The molecule has 0 saturated heterocycles. The summed E-state index contributed by atoms with van der Waals surface area (Å²) in [6.07, 6.45) is 0.